The van der Waals surface area contributed by atoms with E-state index in [0.717, 1.165) is 18.2 Å². The Morgan fingerprint density at radius 2 is 1.61 bits per heavy atom. The average molecular weight is 340 g/mol. The van der Waals surface area contributed by atoms with Crippen LogP contribution in [0, 0.1) is 0 Å². The van der Waals surface area contributed by atoms with Crippen molar-refractivity contribution in [1.29, 1.82) is 0 Å². The highest BCUT2D eigenvalue weighted by molar-refractivity contribution is 7.60. The van der Waals surface area contributed by atoms with E-state index in [0.29, 0.717) is 5.56 Å². The largest absolute Gasteiger partial charge is 0.508 e. The lowest BCUT2D eigenvalue weighted by Crippen LogP contribution is -2.32. The first-order valence-corrected chi connectivity index (χ1v) is 8.33. The van der Waals surface area contributed by atoms with Crippen molar-refractivity contribution in [2.24, 2.45) is 0 Å². The Hall–Kier alpha value is -1.89. The molecule has 0 saturated heterocycles. The van der Waals surface area contributed by atoms with Crippen molar-refractivity contribution in [2.45, 2.75) is 18.6 Å². The molecule has 2 aromatic carbocycles. The van der Waals surface area contributed by atoms with Crippen LogP contribution in [0.5, 0.6) is 11.5 Å². The van der Waals surface area contributed by atoms with Crippen molar-refractivity contribution in [3.63, 3.8) is 0 Å². The molecule has 0 aliphatic rings. The second-order valence-electron chi connectivity index (χ2n) is 5.23. The summed E-state index contributed by atoms with van der Waals surface area (Å²) in [4.78, 5) is 18.6. The van der Waals surface area contributed by atoms with Crippen molar-refractivity contribution in [3.8, 4) is 11.5 Å². The Balaban J connectivity index is 2.32. The van der Waals surface area contributed by atoms with Gasteiger partial charge >= 0.3 is 7.60 Å². The highest BCUT2D eigenvalue weighted by Gasteiger charge is 2.34. The number of rotatable bonds is 5. The van der Waals surface area contributed by atoms with Gasteiger partial charge in [0.2, 0.25) is 0 Å². The van der Waals surface area contributed by atoms with E-state index in [9.17, 15) is 34.8 Å². The lowest BCUT2D eigenvalue weighted by molar-refractivity contribution is -0.173. The Labute approximate surface area is 132 Å². The summed E-state index contributed by atoms with van der Waals surface area (Å²) in [6.07, 6.45) is -0.148. The highest BCUT2D eigenvalue weighted by Crippen LogP contribution is 2.39. The van der Waals surface area contributed by atoms with Crippen molar-refractivity contribution < 1.29 is 34.8 Å². The fourth-order valence-electron chi connectivity index (χ4n) is 2.26. The summed E-state index contributed by atoms with van der Waals surface area (Å²) in [7, 11) is -4.75. The Morgan fingerprint density at radius 3 is 2.22 bits per heavy atom. The number of aliphatic hydroxyl groups is 2. The van der Waals surface area contributed by atoms with Gasteiger partial charge in [-0.2, -0.15) is 0 Å². The van der Waals surface area contributed by atoms with Crippen molar-refractivity contribution in [2.75, 3.05) is 0 Å². The Bertz CT molecular complexity index is 751. The minimum atomic E-state index is -4.75. The summed E-state index contributed by atoms with van der Waals surface area (Å²) in [5, 5.41) is 38.8. The molecule has 0 radical (unpaired) electrons. The van der Waals surface area contributed by atoms with Gasteiger partial charge in [-0.05, 0) is 42.3 Å². The first-order chi connectivity index (χ1) is 10.6. The standard InChI is InChI=1S/C15H17O7P/c16-11-3-1-2-10(8-11)6-7-15(18,19)13-9-12(17)4-5-14(13)23(20,21)22/h1-5,8-9,16-19H,6-7H2,(H2,20,21,22). The molecule has 0 aliphatic heterocycles. The predicted octanol–water partition coefficient (Wildman–Crippen LogP) is 0.671. The van der Waals surface area contributed by atoms with Gasteiger partial charge in [0.25, 0.3) is 0 Å². The maximum atomic E-state index is 11.5. The minimum absolute atomic E-state index is 0.0252. The molecule has 2 rings (SSSR count). The predicted molar refractivity (Wildman–Crippen MR) is 82.3 cm³/mol. The van der Waals surface area contributed by atoms with E-state index >= 15 is 0 Å². The van der Waals surface area contributed by atoms with E-state index in [-0.39, 0.29) is 24.3 Å². The number of phenols is 2. The van der Waals surface area contributed by atoms with E-state index < -0.39 is 24.3 Å². The third-order valence-corrected chi connectivity index (χ3v) is 4.42. The van der Waals surface area contributed by atoms with Crippen LogP contribution in [0.2, 0.25) is 0 Å². The lowest BCUT2D eigenvalue weighted by Gasteiger charge is -2.25. The number of phenolic OH excluding ortho intramolecular Hbond substituents is 2. The molecule has 23 heavy (non-hydrogen) atoms. The van der Waals surface area contributed by atoms with E-state index in [1.807, 2.05) is 0 Å². The molecule has 0 unspecified atom stereocenters. The molecule has 8 heteroatoms. The van der Waals surface area contributed by atoms with Gasteiger partial charge in [-0.15, -0.1) is 0 Å². The van der Waals surface area contributed by atoms with Gasteiger partial charge in [0.15, 0.2) is 5.79 Å². The molecule has 0 aromatic heterocycles. The van der Waals surface area contributed by atoms with Crippen LogP contribution < -0.4 is 5.30 Å². The summed E-state index contributed by atoms with van der Waals surface area (Å²) >= 11 is 0. The molecule has 0 saturated carbocycles. The van der Waals surface area contributed by atoms with E-state index in [2.05, 4.69) is 0 Å². The first kappa shape index (κ1) is 17.5. The topological polar surface area (TPSA) is 138 Å². The summed E-state index contributed by atoms with van der Waals surface area (Å²) in [6.45, 7) is 0. The van der Waals surface area contributed by atoms with Crippen LogP contribution in [0.25, 0.3) is 0 Å². The molecular weight excluding hydrogens is 323 g/mol. The third-order valence-electron chi connectivity index (χ3n) is 3.40. The lowest BCUT2D eigenvalue weighted by atomic mass is 9.97. The Kier molecular flexibility index (Phi) is 4.79. The van der Waals surface area contributed by atoms with Crippen LogP contribution in [0.3, 0.4) is 0 Å². The molecule has 124 valence electrons. The van der Waals surface area contributed by atoms with Crippen LogP contribution in [-0.2, 0) is 16.8 Å². The molecule has 7 nitrogen and oxygen atoms in total. The zero-order chi connectivity index (χ0) is 17.3. The van der Waals surface area contributed by atoms with Gasteiger partial charge in [-0.1, -0.05) is 12.1 Å². The molecule has 0 fully saturated rings. The molecule has 0 heterocycles. The number of benzene rings is 2. The second kappa shape index (κ2) is 6.31. The zero-order valence-corrected chi connectivity index (χ0v) is 12.9. The third kappa shape index (κ3) is 4.31. The SMILES string of the molecule is O=P(O)(O)c1ccc(O)cc1C(O)(O)CCc1cccc(O)c1. The Morgan fingerprint density at radius 1 is 0.957 bits per heavy atom. The highest BCUT2D eigenvalue weighted by atomic mass is 31.2. The van der Waals surface area contributed by atoms with Gasteiger partial charge in [0.05, 0.1) is 5.30 Å². The van der Waals surface area contributed by atoms with Gasteiger partial charge in [0.1, 0.15) is 11.5 Å². The summed E-state index contributed by atoms with van der Waals surface area (Å²) in [5.74, 6) is -2.88. The molecule has 0 atom stereocenters. The molecule has 2 aromatic rings. The van der Waals surface area contributed by atoms with Crippen LogP contribution in [0.15, 0.2) is 42.5 Å². The maximum Gasteiger partial charge on any atom is 0.356 e. The van der Waals surface area contributed by atoms with E-state index in [1.54, 1.807) is 12.1 Å². The molecule has 6 N–H and O–H groups in total. The molecule has 0 aliphatic carbocycles. The van der Waals surface area contributed by atoms with Crippen LogP contribution >= 0.6 is 7.60 Å². The van der Waals surface area contributed by atoms with Crippen molar-refractivity contribution >= 4 is 12.9 Å². The summed E-state index contributed by atoms with van der Waals surface area (Å²) < 4.78 is 11.5. The molecule has 0 amide bonds. The number of aryl methyl sites for hydroxylation is 1. The maximum absolute atomic E-state index is 11.5. The molecule has 0 spiro atoms. The van der Waals surface area contributed by atoms with Gasteiger partial charge < -0.3 is 30.2 Å². The minimum Gasteiger partial charge on any atom is -0.508 e. The fourth-order valence-corrected chi connectivity index (χ4v) is 3.09. The van der Waals surface area contributed by atoms with Crippen LogP contribution in [0.4, 0.5) is 0 Å². The van der Waals surface area contributed by atoms with Gasteiger partial charge in [-0.25, -0.2) is 0 Å². The van der Waals surface area contributed by atoms with Crippen molar-refractivity contribution in [1.82, 2.24) is 0 Å². The first-order valence-electron chi connectivity index (χ1n) is 6.72. The van der Waals surface area contributed by atoms with Crippen LogP contribution in [0.1, 0.15) is 17.5 Å². The summed E-state index contributed by atoms with van der Waals surface area (Å²) in [6, 6.07) is 9.11. The normalized spacial score (nSPS) is 12.3. The van der Waals surface area contributed by atoms with Crippen LogP contribution in [-0.4, -0.2) is 30.2 Å². The van der Waals surface area contributed by atoms with Gasteiger partial charge in [0, 0.05) is 12.0 Å². The van der Waals surface area contributed by atoms with E-state index in [4.69, 9.17) is 0 Å². The number of hydrogen-bond acceptors (Lipinski definition) is 5. The quantitative estimate of drug-likeness (QED) is 0.347. The average Bonchev–Trinajstić information content (AvgIpc) is 2.44. The number of hydrogen-bond donors (Lipinski definition) is 6. The monoisotopic (exact) mass is 340 g/mol. The van der Waals surface area contributed by atoms with Gasteiger partial charge in [-0.3, -0.25) is 4.57 Å². The number of aromatic hydroxyl groups is 2. The summed E-state index contributed by atoms with van der Waals surface area (Å²) in [5.41, 5.74) is 0.168. The zero-order valence-electron chi connectivity index (χ0n) is 12.0. The van der Waals surface area contributed by atoms with E-state index in [1.165, 1.54) is 12.1 Å². The smallest absolute Gasteiger partial charge is 0.356 e. The molecule has 0 bridgehead atoms. The molecular formula is C15H17O7P. The fraction of sp³-hybridized carbons (Fsp3) is 0.200. The second-order valence-corrected chi connectivity index (χ2v) is 6.80. The van der Waals surface area contributed by atoms with Crippen molar-refractivity contribution in [3.05, 3.63) is 53.6 Å².